The van der Waals surface area contributed by atoms with Crippen molar-refractivity contribution in [3.63, 3.8) is 0 Å². The molecule has 1 aliphatic heterocycles. The zero-order valence-electron chi connectivity index (χ0n) is 7.44. The lowest BCUT2D eigenvalue weighted by atomic mass is 10.1. The number of aromatic nitrogens is 2. The van der Waals surface area contributed by atoms with Crippen LogP contribution in [0.2, 0.25) is 0 Å². The molecule has 2 heterocycles. The summed E-state index contributed by atoms with van der Waals surface area (Å²) in [5, 5.41) is 3.27. The largest absolute Gasteiger partial charge is 0.459 e. The molecule has 1 atom stereocenters. The Morgan fingerprint density at radius 1 is 1.38 bits per heavy atom. The molecule has 0 unspecified atom stereocenters. The lowest BCUT2D eigenvalue weighted by Gasteiger charge is -2.22. The van der Waals surface area contributed by atoms with Gasteiger partial charge in [-0.05, 0) is 25.5 Å². The average molecular weight is 179 g/mol. The third kappa shape index (κ3) is 2.39. The fraction of sp³-hybridized carbons (Fsp3) is 0.556. The molecule has 1 aromatic rings. The Balaban J connectivity index is 1.90. The summed E-state index contributed by atoms with van der Waals surface area (Å²) >= 11 is 0. The van der Waals surface area contributed by atoms with Crippen LogP contribution in [0.1, 0.15) is 12.8 Å². The van der Waals surface area contributed by atoms with Crippen LogP contribution in [0.3, 0.4) is 0 Å². The van der Waals surface area contributed by atoms with E-state index in [1.807, 2.05) is 0 Å². The monoisotopic (exact) mass is 179 g/mol. The van der Waals surface area contributed by atoms with E-state index < -0.39 is 0 Å². The van der Waals surface area contributed by atoms with Crippen LogP contribution in [0.4, 0.5) is 0 Å². The van der Waals surface area contributed by atoms with E-state index in [2.05, 4.69) is 15.3 Å². The molecular formula is C9H13N3O. The second-order valence-corrected chi connectivity index (χ2v) is 3.12. The van der Waals surface area contributed by atoms with Crippen molar-refractivity contribution in [1.29, 1.82) is 0 Å². The zero-order valence-corrected chi connectivity index (χ0v) is 7.44. The lowest BCUT2D eigenvalue weighted by molar-refractivity contribution is 0.153. The molecule has 70 valence electrons. The molecule has 0 saturated carbocycles. The number of piperidine rings is 1. The summed E-state index contributed by atoms with van der Waals surface area (Å²) in [6, 6.07) is 2.27. The zero-order chi connectivity index (χ0) is 8.93. The third-order valence-corrected chi connectivity index (χ3v) is 2.07. The Morgan fingerprint density at radius 3 is 2.92 bits per heavy atom. The molecule has 0 bridgehead atoms. The maximum Gasteiger partial charge on any atom is 0.316 e. The SMILES string of the molecule is c1cnc(O[C@@H]2CCCNC2)nc1. The number of hydrogen-bond donors (Lipinski definition) is 1. The molecule has 0 aliphatic carbocycles. The molecule has 0 amide bonds. The first-order valence-electron chi connectivity index (χ1n) is 4.59. The van der Waals surface area contributed by atoms with E-state index in [0.29, 0.717) is 6.01 Å². The first-order chi connectivity index (χ1) is 6.45. The summed E-state index contributed by atoms with van der Waals surface area (Å²) in [5.74, 6) is 0. The first-order valence-corrected chi connectivity index (χ1v) is 4.59. The normalized spacial score (nSPS) is 22.6. The molecule has 0 spiro atoms. The maximum atomic E-state index is 5.57. The Bertz CT molecular complexity index is 246. The molecule has 1 saturated heterocycles. The minimum atomic E-state index is 0.233. The van der Waals surface area contributed by atoms with Gasteiger partial charge in [0.1, 0.15) is 6.10 Å². The van der Waals surface area contributed by atoms with E-state index in [0.717, 1.165) is 25.9 Å². The van der Waals surface area contributed by atoms with Gasteiger partial charge in [0.25, 0.3) is 0 Å². The van der Waals surface area contributed by atoms with Gasteiger partial charge in [0.2, 0.25) is 0 Å². The van der Waals surface area contributed by atoms with Crippen LogP contribution in [0.25, 0.3) is 0 Å². The number of rotatable bonds is 2. The summed E-state index contributed by atoms with van der Waals surface area (Å²) in [6.07, 6.45) is 5.87. The van der Waals surface area contributed by atoms with Gasteiger partial charge < -0.3 is 10.1 Å². The highest BCUT2D eigenvalue weighted by molar-refractivity contribution is 4.94. The standard InChI is InChI=1S/C9H13N3O/c1-3-8(7-10-4-1)13-9-11-5-2-6-12-9/h2,5-6,8,10H,1,3-4,7H2/t8-/m1/s1. The first kappa shape index (κ1) is 8.44. The van der Waals surface area contributed by atoms with Crippen molar-refractivity contribution < 1.29 is 4.74 Å². The molecule has 0 aromatic carbocycles. The molecule has 1 N–H and O–H groups in total. The summed E-state index contributed by atoms with van der Waals surface area (Å²) in [7, 11) is 0. The Morgan fingerprint density at radius 2 is 2.23 bits per heavy atom. The van der Waals surface area contributed by atoms with Gasteiger partial charge in [0.15, 0.2) is 0 Å². The van der Waals surface area contributed by atoms with Crippen LogP contribution in [-0.2, 0) is 0 Å². The van der Waals surface area contributed by atoms with E-state index in [1.54, 1.807) is 18.5 Å². The van der Waals surface area contributed by atoms with Crippen molar-refractivity contribution in [3.8, 4) is 6.01 Å². The molecule has 4 nitrogen and oxygen atoms in total. The predicted octanol–water partition coefficient (Wildman–Crippen LogP) is 0.607. The maximum absolute atomic E-state index is 5.57. The quantitative estimate of drug-likeness (QED) is 0.722. The van der Waals surface area contributed by atoms with Gasteiger partial charge in [-0.1, -0.05) is 0 Å². The van der Waals surface area contributed by atoms with Gasteiger partial charge in [0.05, 0.1) is 0 Å². The molecule has 0 radical (unpaired) electrons. The molecule has 2 rings (SSSR count). The predicted molar refractivity (Wildman–Crippen MR) is 48.6 cm³/mol. The van der Waals surface area contributed by atoms with E-state index in [4.69, 9.17) is 4.74 Å². The number of ether oxygens (including phenoxy) is 1. The highest BCUT2D eigenvalue weighted by atomic mass is 16.5. The molecular weight excluding hydrogens is 166 g/mol. The number of nitrogens with zero attached hydrogens (tertiary/aromatic N) is 2. The van der Waals surface area contributed by atoms with Gasteiger partial charge in [-0.25, -0.2) is 9.97 Å². The minimum absolute atomic E-state index is 0.233. The highest BCUT2D eigenvalue weighted by Crippen LogP contribution is 2.08. The van der Waals surface area contributed by atoms with Crippen LogP contribution in [0.5, 0.6) is 6.01 Å². The third-order valence-electron chi connectivity index (χ3n) is 2.07. The second-order valence-electron chi connectivity index (χ2n) is 3.12. The Labute approximate surface area is 77.4 Å². The Hall–Kier alpha value is -1.16. The summed E-state index contributed by atoms with van der Waals surface area (Å²) < 4.78 is 5.57. The number of nitrogens with one attached hydrogen (secondary N) is 1. The fourth-order valence-electron chi connectivity index (χ4n) is 1.42. The molecule has 1 aromatic heterocycles. The van der Waals surface area contributed by atoms with Crippen LogP contribution in [0, 0.1) is 0 Å². The number of hydrogen-bond acceptors (Lipinski definition) is 4. The summed E-state index contributed by atoms with van der Waals surface area (Å²) in [5.41, 5.74) is 0. The summed E-state index contributed by atoms with van der Waals surface area (Å²) in [4.78, 5) is 8.02. The topological polar surface area (TPSA) is 47.0 Å². The van der Waals surface area contributed by atoms with Crippen molar-refractivity contribution in [1.82, 2.24) is 15.3 Å². The van der Waals surface area contributed by atoms with Crippen LogP contribution in [-0.4, -0.2) is 29.2 Å². The Kier molecular flexibility index (Phi) is 2.72. The fourth-order valence-corrected chi connectivity index (χ4v) is 1.42. The van der Waals surface area contributed by atoms with Gasteiger partial charge in [0, 0.05) is 18.9 Å². The van der Waals surface area contributed by atoms with Crippen molar-refractivity contribution in [2.75, 3.05) is 13.1 Å². The van der Waals surface area contributed by atoms with Crippen molar-refractivity contribution in [2.24, 2.45) is 0 Å². The highest BCUT2D eigenvalue weighted by Gasteiger charge is 2.14. The van der Waals surface area contributed by atoms with Crippen LogP contribution < -0.4 is 10.1 Å². The summed E-state index contributed by atoms with van der Waals surface area (Å²) in [6.45, 7) is 1.99. The molecule has 13 heavy (non-hydrogen) atoms. The van der Waals surface area contributed by atoms with Crippen molar-refractivity contribution in [2.45, 2.75) is 18.9 Å². The van der Waals surface area contributed by atoms with Crippen molar-refractivity contribution in [3.05, 3.63) is 18.5 Å². The minimum Gasteiger partial charge on any atom is -0.459 e. The van der Waals surface area contributed by atoms with Crippen LogP contribution >= 0.6 is 0 Å². The second kappa shape index (κ2) is 4.18. The van der Waals surface area contributed by atoms with E-state index >= 15 is 0 Å². The molecule has 1 fully saturated rings. The van der Waals surface area contributed by atoms with E-state index in [1.165, 1.54) is 0 Å². The lowest BCUT2D eigenvalue weighted by Crippen LogP contribution is -2.37. The van der Waals surface area contributed by atoms with Gasteiger partial charge in [-0.2, -0.15) is 0 Å². The van der Waals surface area contributed by atoms with Gasteiger partial charge in [-0.3, -0.25) is 0 Å². The molecule has 4 heteroatoms. The van der Waals surface area contributed by atoms with Gasteiger partial charge in [-0.15, -0.1) is 0 Å². The van der Waals surface area contributed by atoms with Gasteiger partial charge >= 0.3 is 6.01 Å². The molecule has 1 aliphatic rings. The van der Waals surface area contributed by atoms with E-state index in [9.17, 15) is 0 Å². The smallest absolute Gasteiger partial charge is 0.316 e. The van der Waals surface area contributed by atoms with Crippen molar-refractivity contribution >= 4 is 0 Å². The van der Waals surface area contributed by atoms with E-state index in [-0.39, 0.29) is 6.10 Å². The average Bonchev–Trinajstić information content (AvgIpc) is 2.21. The van der Waals surface area contributed by atoms with Crippen LogP contribution in [0.15, 0.2) is 18.5 Å².